The number of carbonyl (C=O) groups excluding carboxylic acids is 1. The zero-order valence-electron chi connectivity index (χ0n) is 24.2. The fourth-order valence-electron chi connectivity index (χ4n) is 6.12. The quantitative estimate of drug-likeness (QED) is 0.284. The molecule has 7 heteroatoms. The fourth-order valence-corrected chi connectivity index (χ4v) is 6.12. The van der Waals surface area contributed by atoms with Crippen LogP contribution in [0.2, 0.25) is 0 Å². The maximum absolute atomic E-state index is 13.9. The van der Waals surface area contributed by atoms with Gasteiger partial charge in [-0.1, -0.05) is 55.4 Å². The van der Waals surface area contributed by atoms with Crippen molar-refractivity contribution in [2.45, 2.75) is 74.3 Å². The highest BCUT2D eigenvalue weighted by Crippen LogP contribution is 2.51. The largest absolute Gasteiger partial charge is 0.508 e. The third-order valence-corrected chi connectivity index (χ3v) is 8.59. The van der Waals surface area contributed by atoms with Crippen molar-refractivity contribution in [3.63, 3.8) is 0 Å². The Morgan fingerprint density at radius 3 is 2.15 bits per heavy atom. The van der Waals surface area contributed by atoms with Crippen LogP contribution < -0.4 is 0 Å². The number of benzene rings is 2. The lowest BCUT2D eigenvalue weighted by Gasteiger charge is -2.51. The topological polar surface area (TPSA) is 120 Å². The minimum absolute atomic E-state index is 0.0783. The molecule has 7 nitrogen and oxygen atoms in total. The molecule has 3 aromatic rings. The van der Waals surface area contributed by atoms with Crippen molar-refractivity contribution in [1.29, 1.82) is 10.5 Å². The first kappa shape index (κ1) is 28.3. The molecule has 4 unspecified atom stereocenters. The van der Waals surface area contributed by atoms with Gasteiger partial charge < -0.3 is 9.84 Å². The lowest BCUT2D eigenvalue weighted by molar-refractivity contribution is -0.0915. The predicted molar refractivity (Wildman–Crippen MR) is 151 cm³/mol. The summed E-state index contributed by atoms with van der Waals surface area (Å²) < 4.78 is 6.39. The molecule has 39 heavy (non-hydrogen) atoms. The number of hydrogen-bond donors (Lipinski definition) is 1. The highest BCUT2D eigenvalue weighted by atomic mass is 16.5. The van der Waals surface area contributed by atoms with Crippen LogP contribution in [-0.4, -0.2) is 27.4 Å². The monoisotopic (exact) mass is 526 g/mol. The van der Waals surface area contributed by atoms with Crippen molar-refractivity contribution in [2.75, 3.05) is 0 Å². The second-order valence-corrected chi connectivity index (χ2v) is 13.5. The van der Waals surface area contributed by atoms with Crippen LogP contribution in [0, 0.1) is 57.2 Å². The molecule has 1 fully saturated rings. The summed E-state index contributed by atoms with van der Waals surface area (Å²) >= 11 is 0. The van der Waals surface area contributed by atoms with Crippen molar-refractivity contribution in [1.82, 2.24) is 10.2 Å². The summed E-state index contributed by atoms with van der Waals surface area (Å²) in [6.07, 6.45) is 1.66. The number of ether oxygens (including phenoxy) is 1. The van der Waals surface area contributed by atoms with Gasteiger partial charge in [-0.2, -0.15) is 10.5 Å². The summed E-state index contributed by atoms with van der Waals surface area (Å²) in [6.45, 7) is 17.9. The van der Waals surface area contributed by atoms with Crippen LogP contribution in [0.5, 0.6) is 5.75 Å². The molecule has 1 N–H and O–H groups in total. The molecule has 1 aromatic heterocycles. The molecule has 1 saturated carbocycles. The van der Waals surface area contributed by atoms with E-state index in [2.05, 4.69) is 65.6 Å². The second kappa shape index (κ2) is 10.1. The van der Waals surface area contributed by atoms with E-state index in [0.717, 1.165) is 12.8 Å². The van der Waals surface area contributed by atoms with E-state index >= 15 is 0 Å². The van der Waals surface area contributed by atoms with Crippen molar-refractivity contribution >= 4 is 27.8 Å². The van der Waals surface area contributed by atoms with Crippen LogP contribution in [-0.2, 0) is 4.74 Å². The Morgan fingerprint density at radius 1 is 0.949 bits per heavy atom. The Labute approximate surface area is 230 Å². The molecule has 0 amide bonds. The van der Waals surface area contributed by atoms with Gasteiger partial charge in [-0.15, -0.1) is 10.2 Å². The lowest BCUT2D eigenvalue weighted by atomic mass is 9.57. The van der Waals surface area contributed by atoms with E-state index in [1.165, 1.54) is 18.2 Å². The summed E-state index contributed by atoms with van der Waals surface area (Å²) in [6, 6.07) is 9.96. The smallest absolute Gasteiger partial charge is 0.340 e. The summed E-state index contributed by atoms with van der Waals surface area (Å²) in [5.41, 5.74) is 1.28. The molecular formula is C32H38N4O3. The average molecular weight is 527 g/mol. The van der Waals surface area contributed by atoms with Gasteiger partial charge in [0.05, 0.1) is 22.2 Å². The minimum atomic E-state index is -0.544. The number of aromatic nitrogens is 2. The second-order valence-electron chi connectivity index (χ2n) is 13.5. The summed E-state index contributed by atoms with van der Waals surface area (Å²) in [7, 11) is 0. The van der Waals surface area contributed by atoms with Crippen LogP contribution in [0.25, 0.3) is 21.8 Å². The first-order chi connectivity index (χ1) is 18.1. The Morgan fingerprint density at radius 2 is 1.59 bits per heavy atom. The molecule has 1 aliphatic carbocycles. The van der Waals surface area contributed by atoms with E-state index in [-0.39, 0.29) is 56.7 Å². The van der Waals surface area contributed by atoms with Crippen molar-refractivity contribution in [3.05, 3.63) is 41.0 Å². The number of carbonyl (C=O) groups is 1. The van der Waals surface area contributed by atoms with Crippen LogP contribution in [0.1, 0.15) is 89.7 Å². The molecule has 0 bridgehead atoms. The lowest BCUT2D eigenvalue weighted by Crippen LogP contribution is -2.49. The van der Waals surface area contributed by atoms with Gasteiger partial charge in [0, 0.05) is 16.7 Å². The van der Waals surface area contributed by atoms with Crippen molar-refractivity contribution in [3.8, 4) is 17.9 Å². The predicted octanol–water partition coefficient (Wildman–Crippen LogP) is 7.15. The molecule has 0 aliphatic heterocycles. The summed E-state index contributed by atoms with van der Waals surface area (Å²) in [4.78, 5) is 13.9. The molecule has 0 spiro atoms. The number of aromatic hydroxyl groups is 1. The average Bonchev–Trinajstić information content (AvgIpc) is 2.85. The van der Waals surface area contributed by atoms with E-state index in [1.54, 1.807) is 6.07 Å². The van der Waals surface area contributed by atoms with Crippen LogP contribution in [0.3, 0.4) is 0 Å². The number of fused-ring (bicyclic) bond motifs is 3. The standard InChI is InChI=1S/C32H38N4O3/c1-17(2)22-11-20(31(3,4)5)12-26(32(6,7)8)29(22)39-30(38)25-14-21(37)13-24-23-9-18(15-33)19(16-34)10-27(23)35-36-28(24)25/h9-10,13-14,17,20,22,26,29,37H,11-12H2,1-8H3. The summed E-state index contributed by atoms with van der Waals surface area (Å²) in [5.74, 6) is 0.518. The zero-order valence-corrected chi connectivity index (χ0v) is 24.2. The number of rotatable bonds is 3. The maximum Gasteiger partial charge on any atom is 0.340 e. The van der Waals surface area contributed by atoms with E-state index < -0.39 is 5.97 Å². The highest BCUT2D eigenvalue weighted by molar-refractivity contribution is 6.12. The number of hydrogen-bond acceptors (Lipinski definition) is 7. The Hall–Kier alpha value is -3.71. The molecule has 204 valence electrons. The minimum Gasteiger partial charge on any atom is -0.508 e. The van der Waals surface area contributed by atoms with E-state index in [0.29, 0.717) is 28.1 Å². The van der Waals surface area contributed by atoms with Crippen LogP contribution in [0.4, 0.5) is 0 Å². The van der Waals surface area contributed by atoms with E-state index in [9.17, 15) is 20.4 Å². The number of phenols is 1. The first-order valence-corrected chi connectivity index (χ1v) is 13.6. The van der Waals surface area contributed by atoms with E-state index in [4.69, 9.17) is 4.74 Å². The van der Waals surface area contributed by atoms with Gasteiger partial charge in [-0.05, 0) is 65.7 Å². The van der Waals surface area contributed by atoms with Gasteiger partial charge in [-0.3, -0.25) is 0 Å². The molecule has 1 aliphatic rings. The maximum atomic E-state index is 13.9. The first-order valence-electron chi connectivity index (χ1n) is 13.6. The number of phenolic OH excluding ortho intramolecular Hbond substituents is 1. The van der Waals surface area contributed by atoms with Crippen molar-refractivity contribution < 1.29 is 14.6 Å². The molecule has 0 saturated heterocycles. The normalized spacial score (nSPS) is 22.0. The van der Waals surface area contributed by atoms with Crippen LogP contribution in [0.15, 0.2) is 24.3 Å². The Balaban J connectivity index is 1.81. The van der Waals surface area contributed by atoms with Gasteiger partial charge >= 0.3 is 5.97 Å². The summed E-state index contributed by atoms with van der Waals surface area (Å²) in [5, 5.41) is 39.1. The van der Waals surface area contributed by atoms with Gasteiger partial charge in [0.2, 0.25) is 0 Å². The van der Waals surface area contributed by atoms with E-state index in [1.807, 2.05) is 12.1 Å². The van der Waals surface area contributed by atoms with Gasteiger partial charge in [-0.25, -0.2) is 4.79 Å². The van der Waals surface area contributed by atoms with Gasteiger partial charge in [0.25, 0.3) is 0 Å². The molecule has 4 atom stereocenters. The third kappa shape index (κ3) is 5.41. The van der Waals surface area contributed by atoms with Gasteiger partial charge in [0.15, 0.2) is 0 Å². The number of nitrogens with zero attached hydrogens (tertiary/aromatic N) is 4. The number of esters is 1. The molecule has 4 rings (SSSR count). The SMILES string of the molecule is CC(C)C1CC(C(C)(C)C)CC(C(C)(C)C)C1OC(=O)c1cc(O)cc2c1nnc1cc(C#N)c(C#N)cc12. The molecule has 2 aromatic carbocycles. The molecule has 1 heterocycles. The van der Waals surface area contributed by atoms with Gasteiger partial charge in [0.1, 0.15) is 29.5 Å². The Kier molecular flexibility index (Phi) is 7.34. The zero-order chi connectivity index (χ0) is 28.9. The Bertz CT molecular complexity index is 1520. The van der Waals surface area contributed by atoms with Crippen LogP contribution >= 0.6 is 0 Å². The number of nitriles is 2. The third-order valence-electron chi connectivity index (χ3n) is 8.59. The fraction of sp³-hybridized carbons (Fsp3) is 0.531. The van der Waals surface area contributed by atoms with Crippen molar-refractivity contribution in [2.24, 2.45) is 34.5 Å². The molecular weight excluding hydrogens is 488 g/mol. The highest BCUT2D eigenvalue weighted by Gasteiger charge is 2.48. The molecule has 0 radical (unpaired) electrons.